The van der Waals surface area contributed by atoms with Crippen molar-refractivity contribution in [3.8, 4) is 0 Å². The number of carbonyl (C=O) groups excluding carboxylic acids is 1. The van der Waals surface area contributed by atoms with E-state index in [4.69, 9.17) is 5.73 Å². The molecule has 1 unspecified atom stereocenters. The van der Waals surface area contributed by atoms with E-state index >= 15 is 0 Å². The highest BCUT2D eigenvalue weighted by molar-refractivity contribution is 7.57. The van der Waals surface area contributed by atoms with Crippen molar-refractivity contribution in [1.82, 2.24) is 0 Å². The fourth-order valence-corrected chi connectivity index (χ4v) is 1.32. The summed E-state index contributed by atoms with van der Waals surface area (Å²) in [4.78, 5) is 11.1. The van der Waals surface area contributed by atoms with Crippen LogP contribution in [0.15, 0.2) is 24.3 Å². The monoisotopic (exact) mass is 181 g/mol. The number of nitrogen functional groups attached to an aromatic ring is 1. The zero-order valence-electron chi connectivity index (χ0n) is 7.00. The number of anilines is 1. The molecule has 0 amide bonds. The van der Waals surface area contributed by atoms with Gasteiger partial charge in [0, 0.05) is 12.1 Å². The Labute approximate surface area is 73.9 Å². The maximum Gasteiger partial charge on any atom is 0.155 e. The van der Waals surface area contributed by atoms with Crippen LogP contribution in [-0.4, -0.2) is 12.2 Å². The fourth-order valence-electron chi connectivity index (χ4n) is 0.957. The topological polar surface area (TPSA) is 43.1 Å². The molecule has 0 aliphatic rings. The Morgan fingerprint density at radius 2 is 2.17 bits per heavy atom. The second-order valence-corrected chi connectivity index (χ2v) is 3.61. The lowest BCUT2D eigenvalue weighted by Crippen LogP contribution is -1.99. The Balaban J connectivity index is 2.75. The molecular weight excluding hydrogens is 169 g/mol. The third kappa shape index (κ3) is 2.31. The minimum absolute atomic E-state index is 0.257. The van der Waals surface area contributed by atoms with Gasteiger partial charge in [-0.1, -0.05) is 26.8 Å². The Hall–Kier alpha value is -0.880. The van der Waals surface area contributed by atoms with Gasteiger partial charge in [0.15, 0.2) is 5.52 Å². The van der Waals surface area contributed by atoms with Crippen molar-refractivity contribution >= 4 is 19.8 Å². The van der Waals surface area contributed by atoms with Gasteiger partial charge in [-0.15, -0.1) is 0 Å². The average Bonchev–Trinajstić information content (AvgIpc) is 2.09. The summed E-state index contributed by atoms with van der Waals surface area (Å²) in [7, 11) is 0.359. The first-order valence-electron chi connectivity index (χ1n) is 3.78. The highest BCUT2D eigenvalue weighted by Crippen LogP contribution is 2.15. The minimum atomic E-state index is 0.257. The standard InChI is InChI=1S/C9H12NOP/c1-12-9(11)6-7-4-2-3-5-8(7)10/h2-5,12H,6,10H2,1H3. The zero-order valence-corrected chi connectivity index (χ0v) is 8.00. The van der Waals surface area contributed by atoms with Gasteiger partial charge < -0.3 is 5.73 Å². The molecule has 0 spiro atoms. The van der Waals surface area contributed by atoms with Crippen LogP contribution in [0.2, 0.25) is 0 Å². The molecule has 0 radical (unpaired) electrons. The normalized spacial score (nSPS) is 10.8. The van der Waals surface area contributed by atoms with Crippen molar-refractivity contribution < 1.29 is 4.79 Å². The van der Waals surface area contributed by atoms with Gasteiger partial charge in [-0.2, -0.15) is 0 Å². The average molecular weight is 181 g/mol. The van der Waals surface area contributed by atoms with Gasteiger partial charge in [0.25, 0.3) is 0 Å². The highest BCUT2D eigenvalue weighted by Gasteiger charge is 2.02. The summed E-state index contributed by atoms with van der Waals surface area (Å²) in [5.41, 5.74) is 7.59. The number of carbonyl (C=O) groups is 1. The molecule has 0 heterocycles. The molecule has 2 nitrogen and oxygen atoms in total. The van der Waals surface area contributed by atoms with E-state index in [1.807, 2.05) is 30.9 Å². The van der Waals surface area contributed by atoms with E-state index in [0.717, 1.165) is 5.56 Å². The molecule has 12 heavy (non-hydrogen) atoms. The number of rotatable bonds is 3. The van der Waals surface area contributed by atoms with Gasteiger partial charge in [-0.05, 0) is 18.3 Å². The second kappa shape index (κ2) is 4.22. The Bertz CT molecular complexity index is 286. The van der Waals surface area contributed by atoms with Crippen LogP contribution in [0.5, 0.6) is 0 Å². The predicted octanol–water partition coefficient (Wildman–Crippen LogP) is 1.65. The van der Waals surface area contributed by atoms with Crippen LogP contribution < -0.4 is 5.73 Å². The van der Waals surface area contributed by atoms with Crippen LogP contribution in [0.25, 0.3) is 0 Å². The number of nitrogens with two attached hydrogens (primary N) is 1. The maximum absolute atomic E-state index is 11.1. The van der Waals surface area contributed by atoms with Gasteiger partial charge in [0.2, 0.25) is 0 Å². The Kier molecular flexibility index (Phi) is 3.24. The first-order valence-corrected chi connectivity index (χ1v) is 5.28. The summed E-state index contributed by atoms with van der Waals surface area (Å²) >= 11 is 0. The Morgan fingerprint density at radius 1 is 1.50 bits per heavy atom. The molecule has 1 atom stereocenters. The molecule has 1 aromatic carbocycles. The van der Waals surface area contributed by atoms with Gasteiger partial charge in [0.05, 0.1) is 0 Å². The van der Waals surface area contributed by atoms with Crippen molar-refractivity contribution in [3.05, 3.63) is 29.8 Å². The van der Waals surface area contributed by atoms with Gasteiger partial charge in [-0.3, -0.25) is 4.79 Å². The first kappa shape index (κ1) is 9.21. The van der Waals surface area contributed by atoms with E-state index in [1.165, 1.54) is 0 Å². The molecule has 1 aromatic rings. The van der Waals surface area contributed by atoms with E-state index in [9.17, 15) is 4.79 Å². The summed E-state index contributed by atoms with van der Waals surface area (Å²) in [5, 5.41) is 0. The van der Waals surface area contributed by atoms with Crippen LogP contribution in [0.1, 0.15) is 5.56 Å². The molecule has 0 fully saturated rings. The van der Waals surface area contributed by atoms with Gasteiger partial charge in [0.1, 0.15) is 0 Å². The molecule has 0 bridgehead atoms. The summed E-state index contributed by atoms with van der Waals surface area (Å²) in [5.74, 6) is 0. The molecule has 1 rings (SSSR count). The number of benzene rings is 1. The van der Waals surface area contributed by atoms with Gasteiger partial charge in [-0.25, -0.2) is 0 Å². The SMILES string of the molecule is CPC(=O)Cc1ccccc1N. The van der Waals surface area contributed by atoms with Crippen molar-refractivity contribution in [3.63, 3.8) is 0 Å². The third-order valence-electron chi connectivity index (χ3n) is 1.68. The molecule has 0 saturated carbocycles. The van der Waals surface area contributed by atoms with E-state index in [-0.39, 0.29) is 5.52 Å². The summed E-state index contributed by atoms with van der Waals surface area (Å²) in [6.45, 7) is 1.89. The third-order valence-corrected chi connectivity index (χ3v) is 2.42. The van der Waals surface area contributed by atoms with Crippen molar-refractivity contribution in [2.75, 3.05) is 12.4 Å². The molecule has 64 valence electrons. The minimum Gasteiger partial charge on any atom is -0.398 e. The van der Waals surface area contributed by atoms with Crippen LogP contribution in [0, 0.1) is 0 Å². The van der Waals surface area contributed by atoms with E-state index < -0.39 is 0 Å². The lowest BCUT2D eigenvalue weighted by molar-refractivity contribution is -0.110. The van der Waals surface area contributed by atoms with E-state index in [2.05, 4.69) is 0 Å². The Morgan fingerprint density at radius 3 is 2.75 bits per heavy atom. The van der Waals surface area contributed by atoms with Crippen molar-refractivity contribution in [1.29, 1.82) is 0 Å². The van der Waals surface area contributed by atoms with Crippen LogP contribution >= 0.6 is 8.58 Å². The highest BCUT2D eigenvalue weighted by atomic mass is 31.1. The van der Waals surface area contributed by atoms with Crippen LogP contribution in [0.4, 0.5) is 5.69 Å². The molecule has 3 heteroatoms. The molecular formula is C9H12NOP. The smallest absolute Gasteiger partial charge is 0.155 e. The largest absolute Gasteiger partial charge is 0.398 e. The van der Waals surface area contributed by atoms with E-state index in [0.29, 0.717) is 20.7 Å². The lowest BCUT2D eigenvalue weighted by atomic mass is 10.1. The zero-order chi connectivity index (χ0) is 8.97. The predicted molar refractivity (Wildman–Crippen MR) is 53.8 cm³/mol. The number of hydrogen-bond acceptors (Lipinski definition) is 2. The number of para-hydroxylation sites is 1. The second-order valence-electron chi connectivity index (χ2n) is 2.55. The molecule has 0 aliphatic heterocycles. The van der Waals surface area contributed by atoms with Crippen LogP contribution in [0.3, 0.4) is 0 Å². The molecule has 0 saturated heterocycles. The fraction of sp³-hybridized carbons (Fsp3) is 0.222. The molecule has 0 aromatic heterocycles. The lowest BCUT2D eigenvalue weighted by Gasteiger charge is -2.02. The molecule has 2 N–H and O–H groups in total. The van der Waals surface area contributed by atoms with Crippen molar-refractivity contribution in [2.45, 2.75) is 6.42 Å². The summed E-state index contributed by atoms with van der Waals surface area (Å²) < 4.78 is 0. The summed E-state index contributed by atoms with van der Waals surface area (Å²) in [6, 6.07) is 7.49. The summed E-state index contributed by atoms with van der Waals surface area (Å²) in [6.07, 6.45) is 0.474. The first-order chi connectivity index (χ1) is 5.74. The van der Waals surface area contributed by atoms with Gasteiger partial charge >= 0.3 is 0 Å². The van der Waals surface area contributed by atoms with Crippen LogP contribution in [-0.2, 0) is 11.2 Å². The molecule has 0 aliphatic carbocycles. The maximum atomic E-state index is 11.1. The quantitative estimate of drug-likeness (QED) is 0.569. The number of hydrogen-bond donors (Lipinski definition) is 1. The van der Waals surface area contributed by atoms with E-state index in [1.54, 1.807) is 0 Å². The van der Waals surface area contributed by atoms with Crippen molar-refractivity contribution in [2.24, 2.45) is 0 Å².